The molecule has 2 N–H and O–H groups in total. The van der Waals surface area contributed by atoms with Crippen LogP contribution in [0.5, 0.6) is 0 Å². The molecule has 36 heavy (non-hydrogen) atoms. The van der Waals surface area contributed by atoms with Crippen LogP contribution in [0.2, 0.25) is 5.02 Å². The maximum atomic E-state index is 13.8. The number of carbonyl (C=O) groups excluding carboxylic acids is 3. The highest BCUT2D eigenvalue weighted by Crippen LogP contribution is 2.55. The number of anilines is 1. The van der Waals surface area contributed by atoms with Gasteiger partial charge in [0.15, 0.2) is 0 Å². The molecule has 1 aromatic rings. The molecule has 9 heteroatoms. The minimum Gasteiger partial charge on any atom is -0.359 e. The van der Waals surface area contributed by atoms with Gasteiger partial charge in [0.2, 0.25) is 17.7 Å². The Bertz CT molecular complexity index is 1110. The summed E-state index contributed by atoms with van der Waals surface area (Å²) in [5.41, 5.74) is -0.856. The predicted molar refractivity (Wildman–Crippen MR) is 134 cm³/mol. The fraction of sp³-hybridized carbons (Fsp3) is 0.593. The molecule has 5 rings (SSSR count). The van der Waals surface area contributed by atoms with Gasteiger partial charge in [0.25, 0.3) is 0 Å². The Morgan fingerprint density at radius 3 is 2.75 bits per heavy atom. The lowest BCUT2D eigenvalue weighted by molar-refractivity contribution is -0.141. The van der Waals surface area contributed by atoms with Crippen molar-refractivity contribution in [3.05, 3.63) is 41.2 Å². The van der Waals surface area contributed by atoms with Gasteiger partial charge in [-0.2, -0.15) is 0 Å². The second kappa shape index (κ2) is 9.45. The van der Waals surface area contributed by atoms with Crippen molar-refractivity contribution >= 4 is 35.0 Å². The number of rotatable bonds is 6. The van der Waals surface area contributed by atoms with Crippen molar-refractivity contribution in [1.82, 2.24) is 10.2 Å². The van der Waals surface area contributed by atoms with Gasteiger partial charge in [-0.05, 0) is 42.9 Å². The molecular weight excluding hydrogens is 485 g/mol. The van der Waals surface area contributed by atoms with Crippen LogP contribution in [0.15, 0.2) is 30.4 Å². The molecule has 3 aliphatic heterocycles. The largest absolute Gasteiger partial charge is 0.359 e. The summed E-state index contributed by atoms with van der Waals surface area (Å²) in [4.78, 5) is 42.5. The zero-order valence-corrected chi connectivity index (χ0v) is 21.6. The maximum absolute atomic E-state index is 13.8. The summed E-state index contributed by atoms with van der Waals surface area (Å²) in [6.07, 6.45) is 6.76. The number of amides is 3. The number of carbonyl (C=O) groups is 3. The lowest BCUT2D eigenvalue weighted by Crippen LogP contribution is -2.57. The van der Waals surface area contributed by atoms with Gasteiger partial charge in [-0.1, -0.05) is 57.4 Å². The molecule has 2 saturated heterocycles. The molecule has 0 unspecified atom stereocenters. The summed E-state index contributed by atoms with van der Waals surface area (Å²) < 4.78 is 19.9. The summed E-state index contributed by atoms with van der Waals surface area (Å²) in [7, 11) is 0. The van der Waals surface area contributed by atoms with E-state index < -0.39 is 41.3 Å². The number of likely N-dealkylation sites (tertiary alicyclic amines) is 1. The predicted octanol–water partition coefficient (Wildman–Crippen LogP) is 3.92. The summed E-state index contributed by atoms with van der Waals surface area (Å²) >= 11 is 5.87. The maximum Gasteiger partial charge on any atom is 0.246 e. The Labute approximate surface area is 215 Å². The number of ether oxygens (including phenoxy) is 1. The quantitative estimate of drug-likeness (QED) is 0.560. The number of benzene rings is 1. The molecule has 3 amide bonds. The number of fused-ring (bicyclic) bond motifs is 1. The van der Waals surface area contributed by atoms with Crippen LogP contribution >= 0.6 is 11.6 Å². The molecule has 1 aliphatic carbocycles. The molecule has 2 bridgehead atoms. The molecule has 7 nitrogen and oxygen atoms in total. The Hall–Kier alpha value is -2.45. The molecule has 3 heterocycles. The van der Waals surface area contributed by atoms with E-state index in [2.05, 4.69) is 24.5 Å². The van der Waals surface area contributed by atoms with Crippen LogP contribution in [-0.4, -0.2) is 53.0 Å². The van der Waals surface area contributed by atoms with Gasteiger partial charge in [0, 0.05) is 18.3 Å². The normalized spacial score (nSPS) is 36.8. The molecule has 1 aromatic carbocycles. The van der Waals surface area contributed by atoms with Crippen LogP contribution in [0.3, 0.4) is 0 Å². The van der Waals surface area contributed by atoms with E-state index in [1.54, 1.807) is 11.0 Å². The van der Waals surface area contributed by atoms with Crippen LogP contribution in [0.25, 0.3) is 0 Å². The Kier molecular flexibility index (Phi) is 6.62. The first-order valence-corrected chi connectivity index (χ1v) is 13.3. The third-order valence-electron chi connectivity index (χ3n) is 8.61. The minimum atomic E-state index is -1.19. The SMILES string of the molecule is CCCN1C(=O)[C@@H]2[C@H](C(=O)Nc3ccc(F)c(Cl)c3)[C@@H]3C=C[C@@]2(O3)[C@@H]1C(=O)N[C@@H]1CCC[C@H](C)[C@H]1C. The monoisotopic (exact) mass is 517 g/mol. The van der Waals surface area contributed by atoms with Crippen LogP contribution < -0.4 is 10.6 Å². The molecule has 4 aliphatic rings. The molecular formula is C27H33ClFN3O4. The second-order valence-corrected chi connectivity index (χ2v) is 11.1. The second-order valence-electron chi connectivity index (χ2n) is 10.7. The van der Waals surface area contributed by atoms with Crippen molar-refractivity contribution in [2.24, 2.45) is 23.7 Å². The Morgan fingerprint density at radius 1 is 1.25 bits per heavy atom. The number of nitrogens with zero attached hydrogens (tertiary/aromatic N) is 1. The van der Waals surface area contributed by atoms with E-state index in [0.717, 1.165) is 19.3 Å². The third-order valence-corrected chi connectivity index (χ3v) is 8.90. The summed E-state index contributed by atoms with van der Waals surface area (Å²) in [6, 6.07) is 3.13. The first kappa shape index (κ1) is 25.2. The van der Waals surface area contributed by atoms with Crippen molar-refractivity contribution < 1.29 is 23.5 Å². The van der Waals surface area contributed by atoms with E-state index in [9.17, 15) is 18.8 Å². The van der Waals surface area contributed by atoms with Crippen molar-refractivity contribution in [1.29, 1.82) is 0 Å². The fourth-order valence-electron chi connectivity index (χ4n) is 6.60. The Balaban J connectivity index is 1.42. The lowest BCUT2D eigenvalue weighted by Gasteiger charge is -2.38. The van der Waals surface area contributed by atoms with Gasteiger partial charge in [0.05, 0.1) is 23.0 Å². The van der Waals surface area contributed by atoms with Crippen molar-refractivity contribution in [2.45, 2.75) is 70.2 Å². The van der Waals surface area contributed by atoms with Gasteiger partial charge in [-0.3, -0.25) is 14.4 Å². The third kappa shape index (κ3) is 3.93. The van der Waals surface area contributed by atoms with E-state index in [-0.39, 0.29) is 22.9 Å². The average Bonchev–Trinajstić information content (AvgIpc) is 3.47. The summed E-state index contributed by atoms with van der Waals surface area (Å²) in [5.74, 6) is -2.24. The van der Waals surface area contributed by atoms with Crippen molar-refractivity contribution in [3.63, 3.8) is 0 Å². The highest BCUT2D eigenvalue weighted by molar-refractivity contribution is 6.31. The summed E-state index contributed by atoms with van der Waals surface area (Å²) in [5, 5.41) is 5.89. The smallest absolute Gasteiger partial charge is 0.246 e. The van der Waals surface area contributed by atoms with Gasteiger partial charge < -0.3 is 20.3 Å². The first-order chi connectivity index (χ1) is 17.2. The van der Waals surface area contributed by atoms with Crippen molar-refractivity contribution in [2.75, 3.05) is 11.9 Å². The lowest BCUT2D eigenvalue weighted by atomic mass is 9.73. The van der Waals surface area contributed by atoms with Gasteiger partial charge in [-0.25, -0.2) is 4.39 Å². The fourth-order valence-corrected chi connectivity index (χ4v) is 6.78. The number of hydrogen-bond acceptors (Lipinski definition) is 4. The van der Waals surface area contributed by atoms with E-state index in [0.29, 0.717) is 30.5 Å². The van der Waals surface area contributed by atoms with Crippen LogP contribution in [0, 0.1) is 29.5 Å². The topological polar surface area (TPSA) is 87.7 Å². The number of nitrogens with one attached hydrogen (secondary N) is 2. The number of halogens is 2. The zero-order valence-electron chi connectivity index (χ0n) is 20.8. The highest BCUT2D eigenvalue weighted by atomic mass is 35.5. The molecule has 3 fully saturated rings. The van der Waals surface area contributed by atoms with Crippen LogP contribution in [0.1, 0.15) is 46.5 Å². The standard InChI is InChI=1S/C27H33ClFN3O4/c1-4-12-32-23(25(34)31-19-7-5-6-14(2)15(19)3)27-11-10-20(36-27)21(22(27)26(32)35)24(33)30-16-8-9-18(29)17(28)13-16/h8-11,13-15,19-23H,4-7,12H2,1-3H3,(H,30,33)(H,31,34)/t14-,15+,19+,20-,21+,22-,23-,27-/m0/s1. The van der Waals surface area contributed by atoms with E-state index in [4.69, 9.17) is 16.3 Å². The molecule has 194 valence electrons. The number of hydrogen-bond donors (Lipinski definition) is 2. The first-order valence-electron chi connectivity index (χ1n) is 12.9. The van der Waals surface area contributed by atoms with E-state index in [1.807, 2.05) is 13.0 Å². The van der Waals surface area contributed by atoms with Crippen molar-refractivity contribution in [3.8, 4) is 0 Å². The average molecular weight is 518 g/mol. The highest BCUT2D eigenvalue weighted by Gasteiger charge is 2.72. The van der Waals surface area contributed by atoms with Gasteiger partial charge >= 0.3 is 0 Å². The zero-order chi connectivity index (χ0) is 25.8. The Morgan fingerprint density at radius 2 is 2.03 bits per heavy atom. The summed E-state index contributed by atoms with van der Waals surface area (Å²) in [6.45, 7) is 6.73. The minimum absolute atomic E-state index is 0.0418. The van der Waals surface area contributed by atoms with Crippen LogP contribution in [0.4, 0.5) is 10.1 Å². The van der Waals surface area contributed by atoms with E-state index >= 15 is 0 Å². The van der Waals surface area contributed by atoms with E-state index in [1.165, 1.54) is 18.2 Å². The molecule has 0 radical (unpaired) electrons. The molecule has 0 aromatic heterocycles. The van der Waals surface area contributed by atoms with Gasteiger partial charge in [0.1, 0.15) is 17.5 Å². The van der Waals surface area contributed by atoms with Gasteiger partial charge in [-0.15, -0.1) is 0 Å². The molecule has 1 spiro atoms. The van der Waals surface area contributed by atoms with Crippen LogP contribution in [-0.2, 0) is 19.1 Å². The molecule has 8 atom stereocenters. The molecule has 1 saturated carbocycles.